The number of fused-ring (bicyclic) bond motifs is 3. The van der Waals surface area contributed by atoms with Crippen LogP contribution in [0.15, 0.2) is 164 Å². The molecule has 0 saturated carbocycles. The van der Waals surface area contributed by atoms with E-state index in [1.54, 1.807) is 31.0 Å². The van der Waals surface area contributed by atoms with Gasteiger partial charge < -0.3 is 0 Å². The number of allylic oxidation sites excluding steroid dienone is 4. The molecule has 0 aliphatic heterocycles. The molecule has 0 spiro atoms. The van der Waals surface area contributed by atoms with Crippen LogP contribution in [0.2, 0.25) is 0 Å². The molecule has 7 nitrogen and oxygen atoms in total. The quantitative estimate of drug-likeness (QED) is 0.127. The van der Waals surface area contributed by atoms with E-state index in [9.17, 15) is 5.41 Å². The van der Waals surface area contributed by atoms with Gasteiger partial charge in [-0.2, -0.15) is 5.10 Å². The Hall–Kier alpha value is -7.12. The highest BCUT2D eigenvalue weighted by molar-refractivity contribution is 6.69. The van der Waals surface area contributed by atoms with Crippen molar-refractivity contribution in [3.63, 3.8) is 0 Å². The third kappa shape index (κ3) is 6.25. The van der Waals surface area contributed by atoms with Crippen LogP contribution in [0.5, 0.6) is 0 Å². The summed E-state index contributed by atoms with van der Waals surface area (Å²) in [4.78, 5) is 18.2. The molecule has 0 saturated heterocycles. The van der Waals surface area contributed by atoms with E-state index in [1.807, 2.05) is 73.8 Å². The number of hydrogen-bond donors (Lipinski definition) is 2. The number of aromatic nitrogens is 4. The minimum absolute atomic E-state index is 0.0655. The van der Waals surface area contributed by atoms with Crippen molar-refractivity contribution < 1.29 is 0 Å². The Kier molecular flexibility index (Phi) is 8.39. The Morgan fingerprint density at radius 1 is 0.564 bits per heavy atom. The fourth-order valence-corrected chi connectivity index (χ4v) is 7.60. The molecule has 7 aromatic rings. The van der Waals surface area contributed by atoms with Crippen molar-refractivity contribution in [2.45, 2.75) is 26.2 Å². The first-order valence-corrected chi connectivity index (χ1v) is 18.3. The largest absolute Gasteiger partial charge is 0.298 e. The maximum absolute atomic E-state index is 9.54. The van der Waals surface area contributed by atoms with Gasteiger partial charge in [-0.1, -0.05) is 80.6 Å². The van der Waals surface area contributed by atoms with E-state index in [1.165, 1.54) is 27.8 Å². The smallest absolute Gasteiger partial charge is 0.117 e. The standard InChI is InChI=1S/C48H37N7/c1-30-19-21-53-45(22-30)36-24-34(27-51-29-36)39-18-17-38(33-23-35(28-50-26-33)44-10-6-7-20-52-44)46(49)47(39)55-54-37-14-11-31(12-15-37)32-13-16-41-40-8-4-5-9-42(40)48(2,3)43(41)25-32/h4-29,49,54H,1-3H3/b49-46?,55-47-. The van der Waals surface area contributed by atoms with Gasteiger partial charge in [0.25, 0.3) is 0 Å². The van der Waals surface area contributed by atoms with Crippen LogP contribution in [-0.2, 0) is 5.41 Å². The molecule has 0 atom stereocenters. The summed E-state index contributed by atoms with van der Waals surface area (Å²) in [6.45, 7) is 6.66. The van der Waals surface area contributed by atoms with E-state index in [0.717, 1.165) is 56.0 Å². The van der Waals surface area contributed by atoms with Gasteiger partial charge in [0.1, 0.15) is 5.71 Å². The van der Waals surface area contributed by atoms with Gasteiger partial charge in [-0.3, -0.25) is 30.8 Å². The average molecular weight is 712 g/mol. The minimum atomic E-state index is -0.0655. The van der Waals surface area contributed by atoms with Crippen molar-refractivity contribution >= 4 is 28.3 Å². The second kappa shape index (κ2) is 13.7. The molecule has 4 heterocycles. The normalized spacial score (nSPS) is 14.9. The molecule has 3 aromatic carbocycles. The Balaban J connectivity index is 1.05. The molecular weight excluding hydrogens is 675 g/mol. The number of hydrogen-bond acceptors (Lipinski definition) is 7. The third-order valence-electron chi connectivity index (χ3n) is 10.5. The van der Waals surface area contributed by atoms with Crippen molar-refractivity contribution in [1.82, 2.24) is 19.9 Å². The van der Waals surface area contributed by atoms with Crippen LogP contribution < -0.4 is 5.43 Å². The summed E-state index contributed by atoms with van der Waals surface area (Å²) in [5.41, 5.74) is 20.0. The highest BCUT2D eigenvalue weighted by Gasteiger charge is 2.35. The van der Waals surface area contributed by atoms with Crippen molar-refractivity contribution in [1.29, 1.82) is 5.41 Å². The van der Waals surface area contributed by atoms with Gasteiger partial charge >= 0.3 is 0 Å². The molecule has 0 radical (unpaired) electrons. The molecule has 55 heavy (non-hydrogen) atoms. The summed E-state index contributed by atoms with van der Waals surface area (Å²) in [6.07, 6.45) is 14.7. The summed E-state index contributed by atoms with van der Waals surface area (Å²) in [5.74, 6) is 0. The van der Waals surface area contributed by atoms with Crippen LogP contribution in [0.3, 0.4) is 0 Å². The monoisotopic (exact) mass is 711 g/mol. The number of benzene rings is 3. The maximum atomic E-state index is 9.54. The Bertz CT molecular complexity index is 2720. The fraction of sp³-hybridized carbons (Fsp3) is 0.0833. The molecule has 4 aromatic heterocycles. The lowest BCUT2D eigenvalue weighted by Gasteiger charge is -2.22. The molecule has 7 heteroatoms. The predicted octanol–water partition coefficient (Wildman–Crippen LogP) is 10.9. The number of aryl methyl sites for hydroxylation is 1. The van der Waals surface area contributed by atoms with Gasteiger partial charge in [-0.05, 0) is 100 Å². The Morgan fingerprint density at radius 3 is 1.98 bits per heavy atom. The lowest BCUT2D eigenvalue weighted by Crippen LogP contribution is -2.21. The summed E-state index contributed by atoms with van der Waals surface area (Å²) < 4.78 is 0. The van der Waals surface area contributed by atoms with Crippen LogP contribution in [0, 0.1) is 12.3 Å². The average Bonchev–Trinajstić information content (AvgIpc) is 3.46. The maximum Gasteiger partial charge on any atom is 0.117 e. The molecule has 0 amide bonds. The van der Waals surface area contributed by atoms with Crippen molar-refractivity contribution in [2.75, 3.05) is 5.43 Å². The van der Waals surface area contributed by atoms with Gasteiger partial charge in [0.2, 0.25) is 0 Å². The van der Waals surface area contributed by atoms with Gasteiger partial charge in [-0.25, -0.2) is 0 Å². The number of nitrogens with zero attached hydrogens (tertiary/aromatic N) is 5. The number of pyridine rings is 4. The number of nitrogens with one attached hydrogen (secondary N) is 2. The molecule has 0 fully saturated rings. The summed E-state index contributed by atoms with van der Waals surface area (Å²) in [7, 11) is 0. The molecule has 0 bridgehead atoms. The lowest BCUT2D eigenvalue weighted by molar-refractivity contribution is 0.660. The second-order valence-corrected chi connectivity index (χ2v) is 14.5. The van der Waals surface area contributed by atoms with Gasteiger partial charge in [0.15, 0.2) is 0 Å². The SMILES string of the molecule is Cc1ccnc(-c2cncc(C3=CC=C(c4cncc(-c5ccccn5)c4)C(=N)/C3=N\Nc3ccc(-c4ccc5c(c4)C(C)(C)c4ccccc4-5)cc3)c2)c1. The highest BCUT2D eigenvalue weighted by atomic mass is 15.3. The van der Waals surface area contributed by atoms with Crippen LogP contribution in [-0.4, -0.2) is 31.4 Å². The van der Waals surface area contributed by atoms with E-state index < -0.39 is 0 Å². The van der Waals surface area contributed by atoms with E-state index in [4.69, 9.17) is 5.10 Å². The van der Waals surface area contributed by atoms with Crippen molar-refractivity contribution in [3.05, 3.63) is 186 Å². The zero-order chi connectivity index (χ0) is 37.5. The van der Waals surface area contributed by atoms with Crippen molar-refractivity contribution in [2.24, 2.45) is 5.10 Å². The first kappa shape index (κ1) is 33.7. The zero-order valence-electron chi connectivity index (χ0n) is 30.7. The highest BCUT2D eigenvalue weighted by Crippen LogP contribution is 2.49. The molecule has 2 N–H and O–H groups in total. The first-order valence-electron chi connectivity index (χ1n) is 18.3. The lowest BCUT2D eigenvalue weighted by atomic mass is 9.81. The predicted molar refractivity (Wildman–Crippen MR) is 224 cm³/mol. The minimum Gasteiger partial charge on any atom is -0.298 e. The summed E-state index contributed by atoms with van der Waals surface area (Å²) in [6, 6.07) is 37.7. The van der Waals surface area contributed by atoms with E-state index in [2.05, 4.69) is 99.9 Å². The van der Waals surface area contributed by atoms with Crippen LogP contribution in [0.4, 0.5) is 5.69 Å². The molecule has 0 unspecified atom stereocenters. The zero-order valence-corrected chi connectivity index (χ0v) is 30.7. The summed E-state index contributed by atoms with van der Waals surface area (Å²) >= 11 is 0. The van der Waals surface area contributed by atoms with Crippen molar-refractivity contribution in [3.8, 4) is 44.8 Å². The van der Waals surface area contributed by atoms with Crippen LogP contribution in [0.1, 0.15) is 41.7 Å². The molecule has 264 valence electrons. The fourth-order valence-electron chi connectivity index (χ4n) is 7.60. The molecule has 9 rings (SSSR count). The van der Waals surface area contributed by atoms with Gasteiger partial charge in [0, 0.05) is 76.0 Å². The summed E-state index contributed by atoms with van der Waals surface area (Å²) in [5, 5.41) is 14.5. The molecule has 2 aliphatic rings. The Morgan fingerprint density at radius 2 is 1.22 bits per heavy atom. The first-order chi connectivity index (χ1) is 26.8. The third-order valence-corrected chi connectivity index (χ3v) is 10.5. The van der Waals surface area contributed by atoms with Crippen LogP contribution >= 0.6 is 0 Å². The number of anilines is 1. The van der Waals surface area contributed by atoms with Crippen LogP contribution in [0.25, 0.3) is 55.9 Å². The number of rotatable bonds is 7. The van der Waals surface area contributed by atoms with Gasteiger partial charge in [-0.15, -0.1) is 0 Å². The second-order valence-electron chi connectivity index (χ2n) is 14.5. The Labute approximate surface area is 320 Å². The molecule has 2 aliphatic carbocycles. The van der Waals surface area contributed by atoms with E-state index >= 15 is 0 Å². The molecular formula is C48H37N7. The number of hydrazone groups is 1. The van der Waals surface area contributed by atoms with E-state index in [-0.39, 0.29) is 11.1 Å². The van der Waals surface area contributed by atoms with Gasteiger partial charge in [0.05, 0.1) is 22.8 Å². The van der Waals surface area contributed by atoms with E-state index in [0.29, 0.717) is 11.3 Å². The topological polar surface area (TPSA) is 99.8 Å².